The molecule has 6 rings (SSSR count). The highest BCUT2D eigenvalue weighted by molar-refractivity contribution is 5.94. The third-order valence-corrected chi connectivity index (χ3v) is 7.64. The van der Waals surface area contributed by atoms with Gasteiger partial charge in [-0.3, -0.25) is 10.1 Å². The van der Waals surface area contributed by atoms with Gasteiger partial charge in [0.1, 0.15) is 5.82 Å². The van der Waals surface area contributed by atoms with Crippen LogP contribution >= 0.6 is 0 Å². The molecule has 40 heavy (non-hydrogen) atoms. The SMILES string of the molecule is C=C/C=C(/c1cc(F)cc(CCCN2CCCC2)c1)c1cc(-c2[nH]nc3ncc(-c4ccccn4)cc23)[nH]c1C. The zero-order chi connectivity index (χ0) is 27.5. The van der Waals surface area contributed by atoms with Crippen LogP contribution < -0.4 is 0 Å². The monoisotopic (exact) mass is 532 g/mol. The quantitative estimate of drug-likeness (QED) is 0.199. The standard InChI is InChI=1S/C33H33FN6/c1-3-9-27(24-16-23(17-26(34)18-24)10-8-15-40-13-6-7-14-40)28-20-31(37-22(28)2)32-29-19-25(21-36-33(29)39-38-32)30-11-4-5-12-35-30/h3-5,9,11-12,16-21,37H,1,6-8,10,13-15H2,2H3,(H,36,38,39)/b27-9-. The average Bonchev–Trinajstić information content (AvgIpc) is 3.72. The number of halogens is 1. The van der Waals surface area contributed by atoms with Crippen molar-refractivity contribution in [2.75, 3.05) is 19.6 Å². The van der Waals surface area contributed by atoms with Gasteiger partial charge in [-0.1, -0.05) is 30.9 Å². The van der Waals surface area contributed by atoms with Gasteiger partial charge in [0.05, 0.1) is 17.1 Å². The summed E-state index contributed by atoms with van der Waals surface area (Å²) < 4.78 is 14.9. The van der Waals surface area contributed by atoms with Crippen molar-refractivity contribution in [3.8, 4) is 22.6 Å². The van der Waals surface area contributed by atoms with Crippen LogP contribution in [-0.4, -0.2) is 49.7 Å². The molecule has 1 aliphatic rings. The highest BCUT2D eigenvalue weighted by Gasteiger charge is 2.18. The normalized spacial score (nSPS) is 14.3. The summed E-state index contributed by atoms with van der Waals surface area (Å²) in [6, 6.07) is 15.4. The molecule has 0 aliphatic carbocycles. The minimum Gasteiger partial charge on any atom is -0.357 e. The fraction of sp³-hybridized carbons (Fsp3) is 0.242. The van der Waals surface area contributed by atoms with Gasteiger partial charge in [-0.2, -0.15) is 5.10 Å². The second-order valence-electron chi connectivity index (χ2n) is 10.4. The number of likely N-dealkylation sites (tertiary alicyclic amines) is 1. The average molecular weight is 533 g/mol. The van der Waals surface area contributed by atoms with Crippen LogP contribution in [0.2, 0.25) is 0 Å². The summed E-state index contributed by atoms with van der Waals surface area (Å²) >= 11 is 0. The van der Waals surface area contributed by atoms with Gasteiger partial charge < -0.3 is 9.88 Å². The van der Waals surface area contributed by atoms with Crippen molar-refractivity contribution >= 4 is 16.6 Å². The summed E-state index contributed by atoms with van der Waals surface area (Å²) in [5, 5.41) is 8.48. The van der Waals surface area contributed by atoms with Crippen LogP contribution in [0.1, 0.15) is 41.6 Å². The lowest BCUT2D eigenvalue weighted by Gasteiger charge is -2.15. The Morgan fingerprint density at radius 3 is 2.77 bits per heavy atom. The maximum Gasteiger partial charge on any atom is 0.181 e. The Morgan fingerprint density at radius 1 is 1.10 bits per heavy atom. The molecule has 2 N–H and O–H groups in total. The Bertz CT molecular complexity index is 1670. The molecule has 0 saturated carbocycles. The van der Waals surface area contributed by atoms with Crippen molar-refractivity contribution in [1.29, 1.82) is 0 Å². The molecule has 5 aromatic rings. The molecule has 0 unspecified atom stereocenters. The highest BCUT2D eigenvalue weighted by atomic mass is 19.1. The molecule has 5 heterocycles. The Kier molecular flexibility index (Phi) is 7.38. The van der Waals surface area contributed by atoms with Crippen molar-refractivity contribution in [2.45, 2.75) is 32.6 Å². The fourth-order valence-corrected chi connectivity index (χ4v) is 5.67. The summed E-state index contributed by atoms with van der Waals surface area (Å²) in [5.74, 6) is -0.218. The molecule has 0 bridgehead atoms. The molecule has 1 fully saturated rings. The van der Waals surface area contributed by atoms with Crippen LogP contribution in [0.3, 0.4) is 0 Å². The van der Waals surface area contributed by atoms with Gasteiger partial charge in [0, 0.05) is 34.6 Å². The number of aromatic amines is 2. The molecule has 0 radical (unpaired) electrons. The molecule has 0 spiro atoms. The van der Waals surface area contributed by atoms with Gasteiger partial charge in [-0.25, -0.2) is 9.37 Å². The number of H-pyrrole nitrogens is 2. The van der Waals surface area contributed by atoms with E-state index in [9.17, 15) is 4.39 Å². The number of benzene rings is 1. The van der Waals surface area contributed by atoms with Crippen molar-refractivity contribution in [1.82, 2.24) is 30.0 Å². The Morgan fingerprint density at radius 2 is 1.98 bits per heavy atom. The Labute approximate surface area is 233 Å². The highest BCUT2D eigenvalue weighted by Crippen LogP contribution is 2.34. The van der Waals surface area contributed by atoms with Gasteiger partial charge in [0.2, 0.25) is 0 Å². The molecule has 0 amide bonds. The lowest BCUT2D eigenvalue weighted by molar-refractivity contribution is 0.334. The van der Waals surface area contributed by atoms with E-state index >= 15 is 0 Å². The number of hydrogen-bond donors (Lipinski definition) is 2. The molecule has 1 aromatic carbocycles. The summed E-state index contributed by atoms with van der Waals surface area (Å²) in [6.45, 7) is 9.40. The van der Waals surface area contributed by atoms with E-state index in [0.29, 0.717) is 5.65 Å². The number of rotatable bonds is 9. The van der Waals surface area contributed by atoms with Crippen LogP contribution in [0.15, 0.2) is 79.7 Å². The third kappa shape index (κ3) is 5.38. The number of nitrogens with zero attached hydrogens (tertiary/aromatic N) is 4. The maximum atomic E-state index is 14.9. The van der Waals surface area contributed by atoms with Crippen molar-refractivity contribution in [3.63, 3.8) is 0 Å². The maximum absolute atomic E-state index is 14.9. The molecule has 6 nitrogen and oxygen atoms in total. The van der Waals surface area contributed by atoms with E-state index < -0.39 is 0 Å². The zero-order valence-electron chi connectivity index (χ0n) is 22.8. The molecule has 7 heteroatoms. The molecule has 4 aromatic heterocycles. The Balaban J connectivity index is 1.32. The van der Waals surface area contributed by atoms with Crippen molar-refractivity contribution in [3.05, 3.63) is 108 Å². The smallest absolute Gasteiger partial charge is 0.181 e. The molecule has 1 aliphatic heterocycles. The third-order valence-electron chi connectivity index (χ3n) is 7.64. The first-order valence-corrected chi connectivity index (χ1v) is 13.9. The van der Waals surface area contributed by atoms with E-state index in [1.807, 2.05) is 31.2 Å². The van der Waals surface area contributed by atoms with E-state index in [1.54, 1.807) is 30.6 Å². The van der Waals surface area contributed by atoms with E-state index in [4.69, 9.17) is 0 Å². The fourth-order valence-electron chi connectivity index (χ4n) is 5.67. The zero-order valence-corrected chi connectivity index (χ0v) is 22.8. The van der Waals surface area contributed by atoms with Crippen LogP contribution in [0.4, 0.5) is 4.39 Å². The number of allylic oxidation sites excluding steroid dienone is 2. The number of aryl methyl sites for hydroxylation is 2. The Hall–Kier alpha value is -4.36. The van der Waals surface area contributed by atoms with E-state index in [0.717, 1.165) is 75.4 Å². The number of fused-ring (bicyclic) bond motifs is 1. The summed E-state index contributed by atoms with van der Waals surface area (Å²) in [7, 11) is 0. The lowest BCUT2D eigenvalue weighted by Crippen LogP contribution is -2.20. The minimum absolute atomic E-state index is 0.218. The summed E-state index contributed by atoms with van der Waals surface area (Å²) in [4.78, 5) is 15.0. The molecule has 0 atom stereocenters. The second-order valence-corrected chi connectivity index (χ2v) is 10.4. The lowest BCUT2D eigenvalue weighted by atomic mass is 9.94. The number of aromatic nitrogens is 5. The topological polar surface area (TPSA) is 73.5 Å². The largest absolute Gasteiger partial charge is 0.357 e. The van der Waals surface area contributed by atoms with E-state index in [-0.39, 0.29) is 5.82 Å². The van der Waals surface area contributed by atoms with Crippen molar-refractivity contribution < 1.29 is 4.39 Å². The van der Waals surface area contributed by atoms with Crippen LogP contribution in [0, 0.1) is 12.7 Å². The molecular formula is C33H33FN6. The van der Waals surface area contributed by atoms with Crippen LogP contribution in [0.5, 0.6) is 0 Å². The molecular weight excluding hydrogens is 499 g/mol. The van der Waals surface area contributed by atoms with Crippen LogP contribution in [-0.2, 0) is 6.42 Å². The molecule has 1 saturated heterocycles. The van der Waals surface area contributed by atoms with Gasteiger partial charge in [-0.15, -0.1) is 0 Å². The first-order chi connectivity index (χ1) is 19.6. The van der Waals surface area contributed by atoms with Gasteiger partial charge >= 0.3 is 0 Å². The van der Waals surface area contributed by atoms with E-state index in [2.05, 4.69) is 54.8 Å². The summed E-state index contributed by atoms with van der Waals surface area (Å²) in [5.41, 5.74) is 8.87. The molecule has 202 valence electrons. The van der Waals surface area contributed by atoms with Crippen molar-refractivity contribution in [2.24, 2.45) is 0 Å². The van der Waals surface area contributed by atoms with Crippen LogP contribution in [0.25, 0.3) is 39.3 Å². The first kappa shape index (κ1) is 25.9. The number of pyridine rings is 2. The predicted octanol–water partition coefficient (Wildman–Crippen LogP) is 7.11. The van der Waals surface area contributed by atoms with Gasteiger partial charge in [0.25, 0.3) is 0 Å². The minimum atomic E-state index is -0.218. The number of nitrogens with one attached hydrogen (secondary N) is 2. The summed E-state index contributed by atoms with van der Waals surface area (Å²) in [6.07, 6.45) is 11.7. The van der Waals surface area contributed by atoms with E-state index in [1.165, 1.54) is 25.9 Å². The second kappa shape index (κ2) is 11.4. The van der Waals surface area contributed by atoms with Gasteiger partial charge in [-0.05, 0) is 105 Å². The van der Waals surface area contributed by atoms with Gasteiger partial charge in [0.15, 0.2) is 5.65 Å². The number of hydrogen-bond acceptors (Lipinski definition) is 4. The first-order valence-electron chi connectivity index (χ1n) is 13.9. The predicted molar refractivity (Wildman–Crippen MR) is 159 cm³/mol.